The monoisotopic (exact) mass is 248 g/mol. The zero-order valence-electron chi connectivity index (χ0n) is 11.8. The van der Waals surface area contributed by atoms with Crippen molar-refractivity contribution >= 4 is 5.91 Å². The first-order chi connectivity index (χ1) is 8.45. The van der Waals surface area contributed by atoms with E-state index in [0.717, 1.165) is 5.56 Å². The lowest BCUT2D eigenvalue weighted by Crippen LogP contribution is -2.46. The van der Waals surface area contributed by atoms with E-state index in [4.69, 9.17) is 5.73 Å². The van der Waals surface area contributed by atoms with Crippen LogP contribution in [0.4, 0.5) is 0 Å². The minimum atomic E-state index is -0.408. The van der Waals surface area contributed by atoms with Crippen LogP contribution >= 0.6 is 0 Å². The molecule has 0 aliphatic rings. The molecule has 0 saturated carbocycles. The van der Waals surface area contributed by atoms with Crippen LogP contribution in [0.1, 0.15) is 31.9 Å². The van der Waals surface area contributed by atoms with Gasteiger partial charge in [0.25, 0.3) is 0 Å². The predicted octanol–water partition coefficient (Wildman–Crippen LogP) is 2.33. The largest absolute Gasteiger partial charge is 0.337 e. The Kier molecular flexibility index (Phi) is 5.35. The number of benzene rings is 1. The maximum Gasteiger partial charge on any atom is 0.240 e. The summed E-state index contributed by atoms with van der Waals surface area (Å²) in [5.74, 6) is 0.207. The molecule has 1 aromatic rings. The summed E-state index contributed by atoms with van der Waals surface area (Å²) in [6.45, 7) is 9.32. The Balaban J connectivity index is 2.76. The summed E-state index contributed by atoms with van der Waals surface area (Å²) in [5.41, 5.74) is 8.29. The fourth-order valence-corrected chi connectivity index (χ4v) is 1.87. The van der Waals surface area contributed by atoms with Crippen LogP contribution in [-0.4, -0.2) is 23.4 Å². The van der Waals surface area contributed by atoms with Gasteiger partial charge in [0.05, 0.1) is 6.04 Å². The third kappa shape index (κ3) is 3.84. The number of likely N-dealkylation sites (N-methyl/N-ethyl adjacent to an activating group) is 1. The lowest BCUT2D eigenvalue weighted by Gasteiger charge is -2.26. The Morgan fingerprint density at radius 2 is 2.06 bits per heavy atom. The highest BCUT2D eigenvalue weighted by Crippen LogP contribution is 2.10. The molecule has 0 radical (unpaired) electrons. The smallest absolute Gasteiger partial charge is 0.240 e. The highest BCUT2D eigenvalue weighted by Gasteiger charge is 2.22. The maximum atomic E-state index is 12.2. The topological polar surface area (TPSA) is 46.3 Å². The molecule has 18 heavy (non-hydrogen) atoms. The van der Waals surface area contributed by atoms with Gasteiger partial charge >= 0.3 is 0 Å². The van der Waals surface area contributed by atoms with Gasteiger partial charge in [0.2, 0.25) is 5.91 Å². The molecular formula is C15H24N2O. The third-order valence-electron chi connectivity index (χ3n) is 3.15. The molecule has 1 rings (SSSR count). The molecule has 0 bridgehead atoms. The van der Waals surface area contributed by atoms with Gasteiger partial charge < -0.3 is 10.6 Å². The Labute approximate surface area is 110 Å². The van der Waals surface area contributed by atoms with E-state index in [9.17, 15) is 4.79 Å². The Morgan fingerprint density at radius 3 is 2.56 bits per heavy atom. The molecule has 0 aliphatic heterocycles. The number of aryl methyl sites for hydroxylation is 1. The van der Waals surface area contributed by atoms with Crippen LogP contribution in [0.15, 0.2) is 24.3 Å². The standard InChI is InChI=1S/C15H24N2O/c1-5-17(15(18)14(16)11(2)3)10-13-8-6-7-12(4)9-13/h6-9,11,14H,5,10,16H2,1-4H3/t14-/m0/s1. The van der Waals surface area contributed by atoms with E-state index in [1.807, 2.05) is 37.8 Å². The van der Waals surface area contributed by atoms with Gasteiger partial charge in [-0.1, -0.05) is 43.7 Å². The van der Waals surface area contributed by atoms with Crippen molar-refractivity contribution in [2.24, 2.45) is 11.7 Å². The number of nitrogens with two attached hydrogens (primary N) is 1. The van der Waals surface area contributed by atoms with E-state index in [2.05, 4.69) is 19.1 Å². The predicted molar refractivity (Wildman–Crippen MR) is 75.1 cm³/mol. The molecule has 1 atom stereocenters. The zero-order valence-corrected chi connectivity index (χ0v) is 11.8. The van der Waals surface area contributed by atoms with Crippen molar-refractivity contribution in [3.63, 3.8) is 0 Å². The van der Waals surface area contributed by atoms with Crippen LogP contribution in [0.3, 0.4) is 0 Å². The van der Waals surface area contributed by atoms with Crippen molar-refractivity contribution in [3.05, 3.63) is 35.4 Å². The lowest BCUT2D eigenvalue weighted by molar-refractivity contribution is -0.134. The van der Waals surface area contributed by atoms with Crippen LogP contribution in [0, 0.1) is 12.8 Å². The number of hydrogen-bond donors (Lipinski definition) is 1. The number of nitrogens with zero attached hydrogens (tertiary/aromatic N) is 1. The first-order valence-corrected chi connectivity index (χ1v) is 6.55. The molecule has 0 saturated heterocycles. The van der Waals surface area contributed by atoms with Gasteiger partial charge in [-0.05, 0) is 25.3 Å². The molecule has 2 N–H and O–H groups in total. The molecule has 0 spiro atoms. The van der Waals surface area contributed by atoms with E-state index < -0.39 is 6.04 Å². The SMILES string of the molecule is CCN(Cc1cccc(C)c1)C(=O)[C@@H](N)C(C)C. The van der Waals surface area contributed by atoms with Gasteiger partial charge in [0.15, 0.2) is 0 Å². The molecule has 0 fully saturated rings. The Hall–Kier alpha value is -1.35. The number of rotatable bonds is 5. The molecule has 1 amide bonds. The number of carbonyl (C=O) groups excluding carboxylic acids is 1. The second-order valence-electron chi connectivity index (χ2n) is 5.11. The molecule has 1 aromatic carbocycles. The van der Waals surface area contributed by atoms with Gasteiger partial charge in [-0.25, -0.2) is 0 Å². The average molecular weight is 248 g/mol. The minimum Gasteiger partial charge on any atom is -0.337 e. The quantitative estimate of drug-likeness (QED) is 0.869. The second-order valence-corrected chi connectivity index (χ2v) is 5.11. The Morgan fingerprint density at radius 1 is 1.39 bits per heavy atom. The molecule has 3 nitrogen and oxygen atoms in total. The van der Waals surface area contributed by atoms with E-state index >= 15 is 0 Å². The second kappa shape index (κ2) is 6.55. The van der Waals surface area contributed by atoms with Crippen molar-refractivity contribution in [1.29, 1.82) is 0 Å². The summed E-state index contributed by atoms with van der Waals surface area (Å²) in [4.78, 5) is 14.0. The van der Waals surface area contributed by atoms with E-state index in [1.54, 1.807) is 0 Å². The first kappa shape index (κ1) is 14.7. The fourth-order valence-electron chi connectivity index (χ4n) is 1.87. The number of carbonyl (C=O) groups is 1. The van der Waals surface area contributed by atoms with Crippen LogP contribution < -0.4 is 5.73 Å². The number of hydrogen-bond acceptors (Lipinski definition) is 2. The van der Waals surface area contributed by atoms with Crippen molar-refractivity contribution in [1.82, 2.24) is 4.90 Å². The van der Waals surface area contributed by atoms with Gasteiger partial charge in [0.1, 0.15) is 0 Å². The van der Waals surface area contributed by atoms with Gasteiger partial charge in [0, 0.05) is 13.1 Å². The van der Waals surface area contributed by atoms with Gasteiger partial charge in [-0.2, -0.15) is 0 Å². The van der Waals surface area contributed by atoms with Gasteiger partial charge in [-0.15, -0.1) is 0 Å². The number of amides is 1. The Bertz CT molecular complexity index is 401. The minimum absolute atomic E-state index is 0.0361. The summed E-state index contributed by atoms with van der Waals surface area (Å²) >= 11 is 0. The molecular weight excluding hydrogens is 224 g/mol. The molecule has 3 heteroatoms. The summed E-state index contributed by atoms with van der Waals surface area (Å²) in [7, 11) is 0. The maximum absolute atomic E-state index is 12.2. The summed E-state index contributed by atoms with van der Waals surface area (Å²) in [6.07, 6.45) is 0. The molecule has 0 heterocycles. The van der Waals surface area contributed by atoms with Crippen molar-refractivity contribution in [3.8, 4) is 0 Å². The summed E-state index contributed by atoms with van der Waals surface area (Å²) in [5, 5.41) is 0. The van der Waals surface area contributed by atoms with Crippen molar-refractivity contribution in [2.75, 3.05) is 6.54 Å². The van der Waals surface area contributed by atoms with Crippen LogP contribution in [0.25, 0.3) is 0 Å². The average Bonchev–Trinajstić information content (AvgIpc) is 2.34. The molecule has 0 unspecified atom stereocenters. The molecule has 0 aromatic heterocycles. The summed E-state index contributed by atoms with van der Waals surface area (Å²) < 4.78 is 0. The zero-order chi connectivity index (χ0) is 13.7. The van der Waals surface area contributed by atoms with Gasteiger partial charge in [-0.3, -0.25) is 4.79 Å². The van der Waals surface area contributed by atoms with Crippen LogP contribution in [0.2, 0.25) is 0 Å². The molecule has 0 aliphatic carbocycles. The van der Waals surface area contributed by atoms with E-state index in [0.29, 0.717) is 13.1 Å². The highest BCUT2D eigenvalue weighted by atomic mass is 16.2. The lowest BCUT2D eigenvalue weighted by atomic mass is 10.0. The highest BCUT2D eigenvalue weighted by molar-refractivity contribution is 5.81. The van der Waals surface area contributed by atoms with Crippen LogP contribution in [-0.2, 0) is 11.3 Å². The van der Waals surface area contributed by atoms with E-state index in [1.165, 1.54) is 5.56 Å². The van der Waals surface area contributed by atoms with Crippen LogP contribution in [0.5, 0.6) is 0 Å². The normalized spacial score (nSPS) is 12.6. The van der Waals surface area contributed by atoms with Crippen molar-refractivity contribution < 1.29 is 4.79 Å². The first-order valence-electron chi connectivity index (χ1n) is 6.55. The summed E-state index contributed by atoms with van der Waals surface area (Å²) in [6, 6.07) is 7.82. The fraction of sp³-hybridized carbons (Fsp3) is 0.533. The third-order valence-corrected chi connectivity index (χ3v) is 3.15. The van der Waals surface area contributed by atoms with Crippen molar-refractivity contribution in [2.45, 2.75) is 40.3 Å². The molecule has 100 valence electrons. The van der Waals surface area contributed by atoms with E-state index in [-0.39, 0.29) is 11.8 Å².